The molecule has 1 N–H and O–H groups in total. The zero-order valence-corrected chi connectivity index (χ0v) is 12.5. The standard InChI is InChI=1S/C19H20O2/c1-13(20)17-12-19(2,10-9-18(17)21)16-8-7-14-5-3-4-6-15(14)11-16/h3-8,11,21H,9-10,12H2,1-2H3. The van der Waals surface area contributed by atoms with E-state index in [1.165, 1.54) is 23.3 Å². The molecule has 2 heteroatoms. The highest BCUT2D eigenvalue weighted by molar-refractivity contribution is 5.94. The molecule has 0 radical (unpaired) electrons. The Kier molecular flexibility index (Phi) is 3.32. The van der Waals surface area contributed by atoms with E-state index < -0.39 is 0 Å². The Morgan fingerprint density at radius 3 is 2.57 bits per heavy atom. The first-order valence-electron chi connectivity index (χ1n) is 7.41. The van der Waals surface area contributed by atoms with Gasteiger partial charge in [0.1, 0.15) is 0 Å². The Hall–Kier alpha value is -2.09. The second kappa shape index (κ2) is 5.03. The molecular weight excluding hydrogens is 260 g/mol. The second-order valence-corrected chi connectivity index (χ2v) is 6.28. The van der Waals surface area contributed by atoms with Gasteiger partial charge in [-0.2, -0.15) is 0 Å². The van der Waals surface area contributed by atoms with Crippen LogP contribution in [0.1, 0.15) is 38.7 Å². The summed E-state index contributed by atoms with van der Waals surface area (Å²) >= 11 is 0. The van der Waals surface area contributed by atoms with Crippen molar-refractivity contribution in [3.8, 4) is 0 Å². The molecule has 0 saturated heterocycles. The molecular formula is C19H20O2. The van der Waals surface area contributed by atoms with Gasteiger partial charge in [-0.25, -0.2) is 0 Å². The zero-order chi connectivity index (χ0) is 15.0. The Morgan fingerprint density at radius 2 is 1.86 bits per heavy atom. The van der Waals surface area contributed by atoms with E-state index in [1.54, 1.807) is 0 Å². The van der Waals surface area contributed by atoms with Gasteiger partial charge < -0.3 is 5.11 Å². The fraction of sp³-hybridized carbons (Fsp3) is 0.316. The molecule has 108 valence electrons. The summed E-state index contributed by atoms with van der Waals surface area (Å²) in [6, 6.07) is 14.8. The molecule has 2 aromatic carbocycles. The van der Waals surface area contributed by atoms with Crippen LogP contribution in [0.4, 0.5) is 0 Å². The van der Waals surface area contributed by atoms with Crippen LogP contribution < -0.4 is 0 Å². The zero-order valence-electron chi connectivity index (χ0n) is 12.5. The predicted octanol–water partition coefficient (Wildman–Crippen LogP) is 4.68. The summed E-state index contributed by atoms with van der Waals surface area (Å²) in [5, 5.41) is 12.4. The van der Waals surface area contributed by atoms with E-state index >= 15 is 0 Å². The first-order valence-corrected chi connectivity index (χ1v) is 7.41. The first-order chi connectivity index (χ1) is 9.99. The molecule has 0 amide bonds. The molecule has 0 aromatic heterocycles. The number of carbonyl (C=O) groups excluding carboxylic acids is 1. The fourth-order valence-corrected chi connectivity index (χ4v) is 3.26. The third-order valence-corrected chi connectivity index (χ3v) is 4.70. The van der Waals surface area contributed by atoms with Gasteiger partial charge in [0, 0.05) is 12.0 Å². The number of aliphatic hydroxyl groups is 1. The molecule has 2 nitrogen and oxygen atoms in total. The van der Waals surface area contributed by atoms with Crippen LogP contribution >= 0.6 is 0 Å². The highest BCUT2D eigenvalue weighted by Gasteiger charge is 2.34. The first kappa shape index (κ1) is 13.9. The number of hydrogen-bond acceptors (Lipinski definition) is 2. The van der Waals surface area contributed by atoms with E-state index in [-0.39, 0.29) is 17.0 Å². The summed E-state index contributed by atoms with van der Waals surface area (Å²) in [4.78, 5) is 11.7. The van der Waals surface area contributed by atoms with E-state index in [0.29, 0.717) is 18.4 Å². The number of rotatable bonds is 2. The van der Waals surface area contributed by atoms with E-state index in [1.807, 2.05) is 12.1 Å². The molecule has 0 spiro atoms. The van der Waals surface area contributed by atoms with E-state index in [0.717, 1.165) is 6.42 Å². The fourth-order valence-electron chi connectivity index (χ4n) is 3.26. The van der Waals surface area contributed by atoms with Crippen molar-refractivity contribution in [2.75, 3.05) is 0 Å². The highest BCUT2D eigenvalue weighted by atomic mass is 16.3. The molecule has 0 heterocycles. The Labute approximate surface area is 125 Å². The molecule has 0 fully saturated rings. The molecule has 21 heavy (non-hydrogen) atoms. The maximum Gasteiger partial charge on any atom is 0.159 e. The second-order valence-electron chi connectivity index (χ2n) is 6.28. The van der Waals surface area contributed by atoms with Gasteiger partial charge in [0.25, 0.3) is 0 Å². The largest absolute Gasteiger partial charge is 0.512 e. The molecule has 0 bridgehead atoms. The van der Waals surface area contributed by atoms with E-state index in [9.17, 15) is 9.90 Å². The summed E-state index contributed by atoms with van der Waals surface area (Å²) in [6.07, 6.45) is 2.07. The summed E-state index contributed by atoms with van der Waals surface area (Å²) < 4.78 is 0. The van der Waals surface area contributed by atoms with Gasteiger partial charge in [0.15, 0.2) is 5.78 Å². The number of fused-ring (bicyclic) bond motifs is 1. The number of carbonyl (C=O) groups is 1. The normalized spacial score (nSPS) is 22.6. The van der Waals surface area contributed by atoms with Crippen LogP contribution in [0.3, 0.4) is 0 Å². The van der Waals surface area contributed by atoms with Gasteiger partial charge in [-0.1, -0.05) is 49.4 Å². The monoisotopic (exact) mass is 280 g/mol. The molecule has 1 aliphatic rings. The minimum absolute atomic E-state index is 0.0146. The van der Waals surface area contributed by atoms with Gasteiger partial charge in [-0.15, -0.1) is 0 Å². The Bertz CT molecular complexity index is 742. The number of allylic oxidation sites excluding steroid dienone is 2. The van der Waals surface area contributed by atoms with Crippen LogP contribution in [0.25, 0.3) is 10.8 Å². The molecule has 3 rings (SSSR count). The molecule has 0 aliphatic heterocycles. The van der Waals surface area contributed by atoms with Crippen LogP contribution in [0.5, 0.6) is 0 Å². The summed E-state index contributed by atoms with van der Waals surface area (Å²) in [6.45, 7) is 3.73. The van der Waals surface area contributed by atoms with Crippen LogP contribution in [-0.2, 0) is 10.2 Å². The quantitative estimate of drug-likeness (QED) is 0.867. The smallest absolute Gasteiger partial charge is 0.159 e. The van der Waals surface area contributed by atoms with Crippen LogP contribution in [0.15, 0.2) is 53.8 Å². The Morgan fingerprint density at radius 1 is 1.14 bits per heavy atom. The highest BCUT2D eigenvalue weighted by Crippen LogP contribution is 2.42. The number of aliphatic hydroxyl groups excluding tert-OH is 1. The van der Waals surface area contributed by atoms with E-state index in [2.05, 4.69) is 37.3 Å². The maximum atomic E-state index is 11.7. The van der Waals surface area contributed by atoms with Crippen molar-refractivity contribution >= 4 is 16.6 Å². The van der Waals surface area contributed by atoms with Crippen LogP contribution in [-0.4, -0.2) is 10.9 Å². The third kappa shape index (κ3) is 2.46. The number of ketones is 1. The van der Waals surface area contributed by atoms with Gasteiger partial charge in [0.2, 0.25) is 0 Å². The summed E-state index contributed by atoms with van der Waals surface area (Å²) in [7, 11) is 0. The summed E-state index contributed by atoms with van der Waals surface area (Å²) in [5.41, 5.74) is 1.75. The van der Waals surface area contributed by atoms with Crippen molar-refractivity contribution in [1.29, 1.82) is 0 Å². The lowest BCUT2D eigenvalue weighted by Gasteiger charge is -2.35. The minimum Gasteiger partial charge on any atom is -0.512 e. The lowest BCUT2D eigenvalue weighted by atomic mass is 9.69. The van der Waals surface area contributed by atoms with Crippen molar-refractivity contribution in [2.45, 2.75) is 38.5 Å². The lowest BCUT2D eigenvalue weighted by Crippen LogP contribution is -2.28. The molecule has 1 unspecified atom stereocenters. The van der Waals surface area contributed by atoms with Crippen molar-refractivity contribution in [2.24, 2.45) is 0 Å². The SMILES string of the molecule is CC(=O)C1=C(O)CCC(C)(c2ccc3ccccc3c2)C1. The molecule has 0 saturated carbocycles. The molecule has 1 atom stereocenters. The van der Waals surface area contributed by atoms with Gasteiger partial charge in [-0.05, 0) is 41.5 Å². The molecule has 1 aliphatic carbocycles. The third-order valence-electron chi connectivity index (χ3n) is 4.70. The van der Waals surface area contributed by atoms with Crippen molar-refractivity contribution in [3.05, 3.63) is 59.4 Å². The number of benzene rings is 2. The van der Waals surface area contributed by atoms with E-state index in [4.69, 9.17) is 0 Å². The lowest BCUT2D eigenvalue weighted by molar-refractivity contribution is -0.114. The van der Waals surface area contributed by atoms with Crippen molar-refractivity contribution in [1.82, 2.24) is 0 Å². The number of Topliss-reactive ketones (excluding diaryl/α,β-unsaturated/α-hetero) is 1. The van der Waals surface area contributed by atoms with Gasteiger partial charge >= 0.3 is 0 Å². The average molecular weight is 280 g/mol. The topological polar surface area (TPSA) is 37.3 Å². The minimum atomic E-state index is -0.0860. The van der Waals surface area contributed by atoms with Gasteiger partial charge in [0.05, 0.1) is 5.76 Å². The predicted molar refractivity (Wildman–Crippen MR) is 85.5 cm³/mol. The van der Waals surface area contributed by atoms with Crippen LogP contribution in [0.2, 0.25) is 0 Å². The average Bonchev–Trinajstić information content (AvgIpc) is 2.49. The Balaban J connectivity index is 2.03. The van der Waals surface area contributed by atoms with Crippen molar-refractivity contribution < 1.29 is 9.90 Å². The van der Waals surface area contributed by atoms with Crippen LogP contribution in [0, 0.1) is 0 Å². The molecule has 2 aromatic rings. The number of hydrogen-bond donors (Lipinski definition) is 1. The van der Waals surface area contributed by atoms with Gasteiger partial charge in [-0.3, -0.25) is 4.79 Å². The maximum absolute atomic E-state index is 11.7. The van der Waals surface area contributed by atoms with Crippen molar-refractivity contribution in [3.63, 3.8) is 0 Å². The summed E-state index contributed by atoms with van der Waals surface area (Å²) in [5.74, 6) is 0.264.